The predicted octanol–water partition coefficient (Wildman–Crippen LogP) is 11.9. The van der Waals surface area contributed by atoms with E-state index >= 15 is 0 Å². The van der Waals surface area contributed by atoms with Crippen molar-refractivity contribution >= 4 is 54.3 Å². The zero-order valence-electron chi connectivity index (χ0n) is 26.3. The van der Waals surface area contributed by atoms with Crippen LogP contribution in [0.4, 0.5) is 0 Å². The van der Waals surface area contributed by atoms with E-state index in [1.165, 1.54) is 21.9 Å². The van der Waals surface area contributed by atoms with Crippen LogP contribution >= 0.6 is 0 Å². The Morgan fingerprint density at radius 2 is 0.857 bits per heavy atom. The zero-order chi connectivity index (χ0) is 32.3. The molecule has 2 heterocycles. The highest BCUT2D eigenvalue weighted by Gasteiger charge is 2.18. The molecule has 0 saturated heterocycles. The molecule has 0 atom stereocenters. The molecule has 0 radical (unpaired) electrons. The Morgan fingerprint density at radius 1 is 0.306 bits per heavy atom. The molecule has 0 N–H and O–H groups in total. The van der Waals surface area contributed by atoms with Gasteiger partial charge in [0.05, 0.1) is 0 Å². The van der Waals surface area contributed by atoms with Crippen molar-refractivity contribution in [2.45, 2.75) is 0 Å². The highest BCUT2D eigenvalue weighted by molar-refractivity contribution is 6.10. The first kappa shape index (κ1) is 27.5. The maximum Gasteiger partial charge on any atom is 0.164 e. The largest absolute Gasteiger partial charge is 0.456 e. The van der Waals surface area contributed by atoms with E-state index in [2.05, 4.69) is 158 Å². The van der Waals surface area contributed by atoms with Gasteiger partial charge in [0.15, 0.2) is 17.5 Å². The topological polar surface area (TPSA) is 51.8 Å². The molecule has 0 aliphatic carbocycles. The van der Waals surface area contributed by atoms with Crippen molar-refractivity contribution in [3.05, 3.63) is 164 Å². The Morgan fingerprint density at radius 3 is 1.63 bits per heavy atom. The molecule has 0 aliphatic rings. The lowest BCUT2D eigenvalue weighted by Crippen LogP contribution is -2.01. The number of aromatic nitrogens is 3. The van der Waals surface area contributed by atoms with Crippen molar-refractivity contribution in [3.8, 4) is 45.3 Å². The van der Waals surface area contributed by atoms with E-state index in [0.717, 1.165) is 60.2 Å². The molecule has 0 amide bonds. The monoisotopic (exact) mass is 625 g/mol. The quantitative estimate of drug-likeness (QED) is 0.195. The number of benzene rings is 8. The van der Waals surface area contributed by atoms with Crippen molar-refractivity contribution in [3.63, 3.8) is 0 Å². The van der Waals surface area contributed by atoms with Gasteiger partial charge < -0.3 is 4.42 Å². The second kappa shape index (κ2) is 11.0. The molecule has 4 heteroatoms. The Kier molecular flexibility index (Phi) is 6.15. The number of rotatable bonds is 4. The van der Waals surface area contributed by atoms with Crippen LogP contribution in [-0.4, -0.2) is 15.0 Å². The lowest BCUT2D eigenvalue weighted by atomic mass is 9.94. The van der Waals surface area contributed by atoms with Gasteiger partial charge in [-0.25, -0.2) is 15.0 Å². The van der Waals surface area contributed by atoms with Crippen molar-refractivity contribution in [1.29, 1.82) is 0 Å². The van der Waals surface area contributed by atoms with Gasteiger partial charge in [-0.2, -0.15) is 0 Å². The molecule has 0 fully saturated rings. The molecule has 0 spiro atoms. The number of fused-ring (bicyclic) bond motifs is 6. The van der Waals surface area contributed by atoms with Crippen molar-refractivity contribution in [2.75, 3.05) is 0 Å². The minimum Gasteiger partial charge on any atom is -0.456 e. The third-order valence-electron chi connectivity index (χ3n) is 9.49. The first-order chi connectivity index (χ1) is 24.2. The summed E-state index contributed by atoms with van der Waals surface area (Å²) < 4.78 is 6.44. The highest BCUT2D eigenvalue weighted by atomic mass is 16.3. The van der Waals surface area contributed by atoms with Gasteiger partial charge in [0.1, 0.15) is 11.2 Å². The van der Waals surface area contributed by atoms with Crippen LogP contribution in [0.15, 0.2) is 168 Å². The van der Waals surface area contributed by atoms with Gasteiger partial charge >= 0.3 is 0 Å². The van der Waals surface area contributed by atoms with E-state index in [9.17, 15) is 0 Å². The lowest BCUT2D eigenvalue weighted by molar-refractivity contribution is 0.669. The highest BCUT2D eigenvalue weighted by Crippen LogP contribution is 2.37. The molecule has 10 aromatic rings. The molecule has 0 saturated carbocycles. The second-order valence-electron chi connectivity index (χ2n) is 12.4. The minimum atomic E-state index is 0.594. The van der Waals surface area contributed by atoms with Crippen LogP contribution in [0.5, 0.6) is 0 Å². The van der Waals surface area contributed by atoms with E-state index in [0.29, 0.717) is 17.5 Å². The SMILES string of the molecule is c1ccc(-c2ccc(-c3nc(-c4ccc5ccccc5c4)nc(-c4ccc5c(c4)oc4cc6ccccc6cc45)n3)c3ccccc23)cc1. The van der Waals surface area contributed by atoms with Crippen molar-refractivity contribution in [1.82, 2.24) is 15.0 Å². The normalized spacial score (nSPS) is 11.7. The van der Waals surface area contributed by atoms with Crippen LogP contribution in [-0.2, 0) is 0 Å². The molecule has 0 aliphatic heterocycles. The summed E-state index contributed by atoms with van der Waals surface area (Å²) in [5.74, 6) is 1.84. The molecule has 0 bridgehead atoms. The molecule has 228 valence electrons. The number of nitrogens with zero attached hydrogens (tertiary/aromatic N) is 3. The summed E-state index contributed by atoms with van der Waals surface area (Å²) >= 11 is 0. The third kappa shape index (κ3) is 4.65. The minimum absolute atomic E-state index is 0.594. The molecule has 2 aromatic heterocycles. The van der Waals surface area contributed by atoms with Gasteiger partial charge in [-0.1, -0.05) is 127 Å². The summed E-state index contributed by atoms with van der Waals surface area (Å²) in [4.78, 5) is 15.4. The maximum absolute atomic E-state index is 6.44. The fourth-order valence-electron chi connectivity index (χ4n) is 7.05. The van der Waals surface area contributed by atoms with E-state index < -0.39 is 0 Å². The smallest absolute Gasteiger partial charge is 0.164 e. The second-order valence-corrected chi connectivity index (χ2v) is 12.4. The first-order valence-electron chi connectivity index (χ1n) is 16.4. The Balaban J connectivity index is 1.19. The van der Waals surface area contributed by atoms with E-state index in [-0.39, 0.29) is 0 Å². The summed E-state index contributed by atoms with van der Waals surface area (Å²) in [5.41, 5.74) is 6.77. The number of hydrogen-bond donors (Lipinski definition) is 0. The van der Waals surface area contributed by atoms with Crippen LogP contribution in [0.3, 0.4) is 0 Å². The van der Waals surface area contributed by atoms with E-state index in [4.69, 9.17) is 19.4 Å². The van der Waals surface area contributed by atoms with Crippen LogP contribution < -0.4 is 0 Å². The first-order valence-corrected chi connectivity index (χ1v) is 16.4. The van der Waals surface area contributed by atoms with Gasteiger partial charge in [-0.3, -0.25) is 0 Å². The molecule has 10 rings (SSSR count). The Bertz CT molecular complexity index is 2890. The molecule has 4 nitrogen and oxygen atoms in total. The average molecular weight is 626 g/mol. The molecule has 0 unspecified atom stereocenters. The summed E-state index contributed by atoms with van der Waals surface area (Å²) in [6, 6.07) is 57.0. The van der Waals surface area contributed by atoms with Gasteiger partial charge in [0, 0.05) is 27.5 Å². The van der Waals surface area contributed by atoms with Gasteiger partial charge in [-0.15, -0.1) is 0 Å². The Hall–Kier alpha value is -6.65. The summed E-state index contributed by atoms with van der Waals surface area (Å²) in [5, 5.41) is 9.05. The third-order valence-corrected chi connectivity index (χ3v) is 9.49. The van der Waals surface area contributed by atoms with Crippen molar-refractivity contribution in [2.24, 2.45) is 0 Å². The molecular formula is C45H27N3O. The predicted molar refractivity (Wildman–Crippen MR) is 201 cm³/mol. The van der Waals surface area contributed by atoms with Gasteiger partial charge in [0.2, 0.25) is 0 Å². The van der Waals surface area contributed by atoms with E-state index in [1.807, 2.05) is 6.07 Å². The molecular weight excluding hydrogens is 599 g/mol. The fraction of sp³-hybridized carbons (Fsp3) is 0. The Labute approximate surface area is 282 Å². The molecule has 8 aromatic carbocycles. The zero-order valence-corrected chi connectivity index (χ0v) is 26.3. The van der Waals surface area contributed by atoms with E-state index in [1.54, 1.807) is 0 Å². The van der Waals surface area contributed by atoms with Gasteiger partial charge in [-0.05, 0) is 79.8 Å². The molecule has 49 heavy (non-hydrogen) atoms. The fourth-order valence-corrected chi connectivity index (χ4v) is 7.05. The maximum atomic E-state index is 6.44. The van der Waals surface area contributed by atoms with Crippen LogP contribution in [0.1, 0.15) is 0 Å². The van der Waals surface area contributed by atoms with Crippen molar-refractivity contribution < 1.29 is 4.42 Å². The van der Waals surface area contributed by atoms with Gasteiger partial charge in [0.25, 0.3) is 0 Å². The van der Waals surface area contributed by atoms with Crippen LogP contribution in [0.25, 0.3) is 99.5 Å². The van der Waals surface area contributed by atoms with Crippen LogP contribution in [0.2, 0.25) is 0 Å². The summed E-state index contributed by atoms with van der Waals surface area (Å²) in [6.07, 6.45) is 0. The van der Waals surface area contributed by atoms with Crippen LogP contribution in [0, 0.1) is 0 Å². The standard InChI is InChI=1S/C45H27N3O/c1-2-11-29(12-3-1)35-22-23-39(37-17-9-8-16-36(35)37)45-47-43(33-19-18-28-10-4-5-13-30(28)24-33)46-44(48-45)34-20-21-38-40-25-31-14-6-7-15-32(31)26-42(40)49-41(38)27-34/h1-27H. The number of hydrogen-bond acceptors (Lipinski definition) is 4. The summed E-state index contributed by atoms with van der Waals surface area (Å²) in [6.45, 7) is 0. The number of furan rings is 1. The average Bonchev–Trinajstić information content (AvgIpc) is 3.53. The lowest BCUT2D eigenvalue weighted by Gasteiger charge is -2.13. The summed E-state index contributed by atoms with van der Waals surface area (Å²) in [7, 11) is 0.